The van der Waals surface area contributed by atoms with Gasteiger partial charge in [-0.05, 0) is 20.3 Å². The molecule has 5 nitrogen and oxygen atoms in total. The number of nitrogens with zero attached hydrogens (tertiary/aromatic N) is 3. The average Bonchev–Trinajstić information content (AvgIpc) is 2.72. The molecule has 5 heteroatoms. The molecule has 0 aliphatic rings. The highest BCUT2D eigenvalue weighted by molar-refractivity contribution is 4.89. The summed E-state index contributed by atoms with van der Waals surface area (Å²) in [6.45, 7) is 7.34. The third-order valence-electron chi connectivity index (χ3n) is 2.60. The quantitative estimate of drug-likeness (QED) is 0.755. The van der Waals surface area contributed by atoms with Gasteiger partial charge in [0.25, 0.3) is 0 Å². The molecule has 0 bridgehead atoms. The van der Waals surface area contributed by atoms with Crippen LogP contribution >= 0.6 is 0 Å². The van der Waals surface area contributed by atoms with Gasteiger partial charge < -0.3 is 9.84 Å². The van der Waals surface area contributed by atoms with Crippen LogP contribution in [0.4, 0.5) is 0 Å². The second kappa shape index (κ2) is 6.60. The standard InChI is InChI=1S/C11H21N3O2/c1-4-10(16-6-3)9(15)7-11-12-8-13-14(11)5-2/h8-10,15H,4-7H2,1-3H3. The van der Waals surface area contributed by atoms with Crippen molar-refractivity contribution < 1.29 is 9.84 Å². The summed E-state index contributed by atoms with van der Waals surface area (Å²) in [5, 5.41) is 14.1. The van der Waals surface area contributed by atoms with Gasteiger partial charge >= 0.3 is 0 Å². The molecule has 0 amide bonds. The number of aryl methyl sites for hydroxylation is 1. The molecular formula is C11H21N3O2. The van der Waals surface area contributed by atoms with Crippen molar-refractivity contribution >= 4 is 0 Å². The molecule has 0 saturated heterocycles. The Kier molecular flexibility index (Phi) is 5.42. The molecule has 0 saturated carbocycles. The van der Waals surface area contributed by atoms with Crippen LogP contribution in [-0.4, -0.2) is 38.7 Å². The van der Waals surface area contributed by atoms with Crippen LogP contribution in [0, 0.1) is 0 Å². The molecule has 0 aromatic carbocycles. The molecule has 1 aromatic rings. The van der Waals surface area contributed by atoms with Gasteiger partial charge in [-0.3, -0.25) is 4.68 Å². The number of rotatable bonds is 7. The van der Waals surface area contributed by atoms with E-state index >= 15 is 0 Å². The maximum Gasteiger partial charge on any atom is 0.138 e. The van der Waals surface area contributed by atoms with E-state index in [2.05, 4.69) is 10.1 Å². The van der Waals surface area contributed by atoms with E-state index < -0.39 is 6.10 Å². The molecule has 0 aliphatic carbocycles. The van der Waals surface area contributed by atoms with E-state index in [4.69, 9.17) is 4.74 Å². The van der Waals surface area contributed by atoms with Crippen molar-refractivity contribution in [2.24, 2.45) is 0 Å². The molecule has 0 fully saturated rings. The molecule has 16 heavy (non-hydrogen) atoms. The van der Waals surface area contributed by atoms with Gasteiger partial charge in [0.05, 0.1) is 12.2 Å². The highest BCUT2D eigenvalue weighted by Gasteiger charge is 2.20. The van der Waals surface area contributed by atoms with Gasteiger partial charge in [-0.1, -0.05) is 6.92 Å². The molecule has 1 rings (SSSR count). The lowest BCUT2D eigenvalue weighted by Crippen LogP contribution is -2.31. The van der Waals surface area contributed by atoms with Crippen LogP contribution in [0.5, 0.6) is 0 Å². The second-order valence-electron chi connectivity index (χ2n) is 3.67. The SMILES string of the molecule is CCOC(CC)C(O)Cc1ncnn1CC. The molecule has 0 spiro atoms. The van der Waals surface area contributed by atoms with Crippen LogP contribution in [0.15, 0.2) is 6.33 Å². The Hall–Kier alpha value is -0.940. The van der Waals surface area contributed by atoms with Gasteiger partial charge in [-0.2, -0.15) is 5.10 Å². The van der Waals surface area contributed by atoms with Crippen molar-refractivity contribution in [2.75, 3.05) is 6.61 Å². The fraction of sp³-hybridized carbons (Fsp3) is 0.818. The maximum atomic E-state index is 10.0. The molecule has 0 radical (unpaired) electrons. The first-order valence-corrected chi connectivity index (χ1v) is 5.89. The largest absolute Gasteiger partial charge is 0.390 e. The third kappa shape index (κ3) is 3.28. The summed E-state index contributed by atoms with van der Waals surface area (Å²) in [5.74, 6) is 0.813. The number of hydrogen-bond acceptors (Lipinski definition) is 4. The number of aromatic nitrogens is 3. The Balaban J connectivity index is 2.58. The average molecular weight is 227 g/mol. The van der Waals surface area contributed by atoms with Crippen molar-refractivity contribution in [1.82, 2.24) is 14.8 Å². The van der Waals surface area contributed by atoms with Crippen LogP contribution in [0.3, 0.4) is 0 Å². The number of aliphatic hydroxyl groups excluding tert-OH is 1. The Morgan fingerprint density at radius 1 is 1.44 bits per heavy atom. The highest BCUT2D eigenvalue weighted by Crippen LogP contribution is 2.09. The van der Waals surface area contributed by atoms with Crippen LogP contribution in [0.2, 0.25) is 0 Å². The minimum atomic E-state index is -0.514. The van der Waals surface area contributed by atoms with E-state index in [1.807, 2.05) is 20.8 Å². The van der Waals surface area contributed by atoms with Gasteiger partial charge in [0, 0.05) is 19.6 Å². The summed E-state index contributed by atoms with van der Waals surface area (Å²) >= 11 is 0. The van der Waals surface area contributed by atoms with Crippen LogP contribution in [0.1, 0.15) is 33.0 Å². The lowest BCUT2D eigenvalue weighted by atomic mass is 10.1. The van der Waals surface area contributed by atoms with E-state index in [1.165, 1.54) is 6.33 Å². The van der Waals surface area contributed by atoms with Crippen molar-refractivity contribution in [3.05, 3.63) is 12.2 Å². The molecule has 1 N–H and O–H groups in total. The minimum absolute atomic E-state index is 0.119. The molecule has 1 aromatic heterocycles. The van der Waals surface area contributed by atoms with Crippen molar-refractivity contribution in [2.45, 2.75) is 52.4 Å². The normalized spacial score (nSPS) is 15.0. The van der Waals surface area contributed by atoms with Crippen LogP contribution in [-0.2, 0) is 17.7 Å². The number of aliphatic hydroxyl groups is 1. The summed E-state index contributed by atoms with van der Waals surface area (Å²) in [5.41, 5.74) is 0. The van der Waals surface area contributed by atoms with E-state index in [1.54, 1.807) is 4.68 Å². The summed E-state index contributed by atoms with van der Waals surface area (Å²) in [4.78, 5) is 4.14. The molecule has 1 heterocycles. The molecular weight excluding hydrogens is 206 g/mol. The van der Waals surface area contributed by atoms with E-state index in [0.29, 0.717) is 13.0 Å². The van der Waals surface area contributed by atoms with E-state index in [0.717, 1.165) is 18.8 Å². The maximum absolute atomic E-state index is 10.0. The fourth-order valence-electron chi connectivity index (χ4n) is 1.74. The molecule has 0 aliphatic heterocycles. The Bertz CT molecular complexity index is 301. The number of hydrogen-bond donors (Lipinski definition) is 1. The molecule has 2 atom stereocenters. The first-order chi connectivity index (χ1) is 7.72. The van der Waals surface area contributed by atoms with Gasteiger partial charge in [0.1, 0.15) is 12.2 Å². The lowest BCUT2D eigenvalue weighted by molar-refractivity contribution is -0.0345. The van der Waals surface area contributed by atoms with Crippen LogP contribution in [0.25, 0.3) is 0 Å². The summed E-state index contributed by atoms with van der Waals surface area (Å²) in [7, 11) is 0. The zero-order valence-electron chi connectivity index (χ0n) is 10.3. The van der Waals surface area contributed by atoms with Gasteiger partial charge in [0.2, 0.25) is 0 Å². The predicted molar refractivity (Wildman–Crippen MR) is 61.1 cm³/mol. The predicted octanol–water partition coefficient (Wildman–Crippen LogP) is 1.02. The van der Waals surface area contributed by atoms with Crippen molar-refractivity contribution in [1.29, 1.82) is 0 Å². The third-order valence-corrected chi connectivity index (χ3v) is 2.60. The Labute approximate surface area is 96.5 Å². The summed E-state index contributed by atoms with van der Waals surface area (Å²) < 4.78 is 7.26. The first kappa shape index (κ1) is 13.1. The number of ether oxygens (including phenoxy) is 1. The molecule has 2 unspecified atom stereocenters. The topological polar surface area (TPSA) is 60.2 Å². The highest BCUT2D eigenvalue weighted by atomic mass is 16.5. The second-order valence-corrected chi connectivity index (χ2v) is 3.67. The first-order valence-electron chi connectivity index (χ1n) is 5.89. The zero-order chi connectivity index (χ0) is 12.0. The zero-order valence-corrected chi connectivity index (χ0v) is 10.3. The van der Waals surface area contributed by atoms with Crippen molar-refractivity contribution in [3.63, 3.8) is 0 Å². The minimum Gasteiger partial charge on any atom is -0.390 e. The van der Waals surface area contributed by atoms with E-state index in [-0.39, 0.29) is 6.10 Å². The van der Waals surface area contributed by atoms with Gasteiger partial charge in [-0.15, -0.1) is 0 Å². The smallest absolute Gasteiger partial charge is 0.138 e. The fourth-order valence-corrected chi connectivity index (χ4v) is 1.74. The van der Waals surface area contributed by atoms with Gasteiger partial charge in [-0.25, -0.2) is 4.98 Å². The summed E-state index contributed by atoms with van der Waals surface area (Å²) in [6, 6.07) is 0. The summed E-state index contributed by atoms with van der Waals surface area (Å²) in [6.07, 6.45) is 2.18. The van der Waals surface area contributed by atoms with Crippen molar-refractivity contribution in [3.8, 4) is 0 Å². The molecule has 92 valence electrons. The Morgan fingerprint density at radius 2 is 2.19 bits per heavy atom. The monoisotopic (exact) mass is 227 g/mol. The Morgan fingerprint density at radius 3 is 2.75 bits per heavy atom. The van der Waals surface area contributed by atoms with Gasteiger partial charge in [0.15, 0.2) is 0 Å². The van der Waals surface area contributed by atoms with Crippen LogP contribution < -0.4 is 0 Å². The van der Waals surface area contributed by atoms with E-state index in [9.17, 15) is 5.11 Å². The lowest BCUT2D eigenvalue weighted by Gasteiger charge is -2.21.